The molecule has 0 unspecified atom stereocenters. The lowest BCUT2D eigenvalue weighted by atomic mass is 9.92. The van der Waals surface area contributed by atoms with Crippen LogP contribution in [0.5, 0.6) is 5.75 Å². The SMILES string of the molecule is CCOc1ccc(CCC(=O)Nc2c(C(C)C)cccc2C(C)C)cc1. The van der Waals surface area contributed by atoms with Gasteiger partial charge in [-0.1, -0.05) is 58.0 Å². The first-order valence-corrected chi connectivity index (χ1v) is 9.56. The Balaban J connectivity index is 2.05. The molecule has 1 amide bonds. The topological polar surface area (TPSA) is 38.3 Å². The average molecular weight is 354 g/mol. The molecule has 0 aliphatic heterocycles. The van der Waals surface area contributed by atoms with Crippen LogP contribution in [0, 0.1) is 0 Å². The minimum absolute atomic E-state index is 0.0638. The molecule has 0 fully saturated rings. The van der Waals surface area contributed by atoms with E-state index in [1.165, 1.54) is 11.1 Å². The summed E-state index contributed by atoms with van der Waals surface area (Å²) < 4.78 is 5.46. The summed E-state index contributed by atoms with van der Waals surface area (Å²) in [6.07, 6.45) is 1.19. The normalized spacial score (nSPS) is 11.0. The van der Waals surface area contributed by atoms with E-state index in [1.54, 1.807) is 0 Å². The zero-order valence-electron chi connectivity index (χ0n) is 16.6. The zero-order chi connectivity index (χ0) is 19.1. The number of benzene rings is 2. The fourth-order valence-electron chi connectivity index (χ4n) is 3.07. The van der Waals surface area contributed by atoms with Crippen LogP contribution in [0.1, 0.15) is 69.6 Å². The molecule has 0 heterocycles. The standard InChI is InChI=1S/C23H31NO2/c1-6-26-19-13-10-18(11-14-19)12-15-22(25)24-23-20(16(2)3)8-7-9-21(23)17(4)5/h7-11,13-14,16-17H,6,12,15H2,1-5H3,(H,24,25). The van der Waals surface area contributed by atoms with Crippen molar-refractivity contribution in [2.45, 2.75) is 59.3 Å². The van der Waals surface area contributed by atoms with Crippen molar-refractivity contribution in [3.63, 3.8) is 0 Å². The van der Waals surface area contributed by atoms with Gasteiger partial charge in [0.2, 0.25) is 5.91 Å². The van der Waals surface area contributed by atoms with Crippen molar-refractivity contribution in [3.8, 4) is 5.75 Å². The summed E-state index contributed by atoms with van der Waals surface area (Å²) in [5, 5.41) is 3.18. The number of anilines is 1. The van der Waals surface area contributed by atoms with Crippen LogP contribution in [0.25, 0.3) is 0 Å². The van der Waals surface area contributed by atoms with Crippen molar-refractivity contribution in [2.24, 2.45) is 0 Å². The van der Waals surface area contributed by atoms with E-state index in [-0.39, 0.29) is 5.91 Å². The molecule has 2 rings (SSSR count). The zero-order valence-corrected chi connectivity index (χ0v) is 16.6. The summed E-state index contributed by atoms with van der Waals surface area (Å²) in [6.45, 7) is 11.3. The molecule has 0 saturated carbocycles. The van der Waals surface area contributed by atoms with E-state index in [2.05, 4.69) is 51.2 Å². The van der Waals surface area contributed by atoms with Crippen LogP contribution < -0.4 is 10.1 Å². The summed E-state index contributed by atoms with van der Waals surface area (Å²) in [4.78, 5) is 12.6. The van der Waals surface area contributed by atoms with E-state index in [1.807, 2.05) is 31.2 Å². The predicted octanol–water partition coefficient (Wildman–Crippen LogP) is 5.90. The van der Waals surface area contributed by atoms with Crippen LogP contribution in [-0.2, 0) is 11.2 Å². The third kappa shape index (κ3) is 5.35. The number of carbonyl (C=O) groups excluding carboxylic acids is 1. The quantitative estimate of drug-likeness (QED) is 0.641. The first kappa shape index (κ1) is 20.0. The number of hydrogen-bond acceptors (Lipinski definition) is 2. The van der Waals surface area contributed by atoms with Gasteiger partial charge >= 0.3 is 0 Å². The smallest absolute Gasteiger partial charge is 0.224 e. The first-order chi connectivity index (χ1) is 12.4. The number of aryl methyl sites for hydroxylation is 1. The highest BCUT2D eigenvalue weighted by atomic mass is 16.5. The van der Waals surface area contributed by atoms with Crippen molar-refractivity contribution in [2.75, 3.05) is 11.9 Å². The Kier molecular flexibility index (Phi) is 7.26. The Labute approximate surface area is 157 Å². The van der Waals surface area contributed by atoms with Crippen LogP contribution in [0.4, 0.5) is 5.69 Å². The summed E-state index contributed by atoms with van der Waals surface area (Å²) in [7, 11) is 0. The third-order valence-electron chi connectivity index (χ3n) is 4.51. The van der Waals surface area contributed by atoms with E-state index in [9.17, 15) is 4.79 Å². The van der Waals surface area contributed by atoms with E-state index >= 15 is 0 Å². The van der Waals surface area contributed by atoms with Crippen LogP contribution in [0.2, 0.25) is 0 Å². The van der Waals surface area contributed by atoms with Crippen LogP contribution in [0.3, 0.4) is 0 Å². The summed E-state index contributed by atoms with van der Waals surface area (Å²) in [5.41, 5.74) is 4.54. The van der Waals surface area contributed by atoms with Gasteiger partial charge in [-0.2, -0.15) is 0 Å². The Morgan fingerprint density at radius 2 is 1.54 bits per heavy atom. The fourth-order valence-corrected chi connectivity index (χ4v) is 3.07. The molecule has 0 radical (unpaired) electrons. The molecule has 1 N–H and O–H groups in total. The number of para-hydroxylation sites is 1. The minimum Gasteiger partial charge on any atom is -0.494 e. The van der Waals surface area contributed by atoms with Crippen molar-refractivity contribution in [1.29, 1.82) is 0 Å². The monoisotopic (exact) mass is 353 g/mol. The number of ether oxygens (including phenoxy) is 1. The molecule has 0 atom stereocenters. The van der Waals surface area contributed by atoms with Crippen molar-refractivity contribution in [3.05, 3.63) is 59.2 Å². The number of amides is 1. The van der Waals surface area contributed by atoms with Crippen LogP contribution in [0.15, 0.2) is 42.5 Å². The number of rotatable bonds is 8. The highest BCUT2D eigenvalue weighted by Crippen LogP contribution is 2.32. The molecule has 3 heteroatoms. The van der Waals surface area contributed by atoms with E-state index in [0.29, 0.717) is 24.9 Å². The maximum Gasteiger partial charge on any atom is 0.224 e. The Morgan fingerprint density at radius 1 is 0.962 bits per heavy atom. The van der Waals surface area contributed by atoms with E-state index < -0.39 is 0 Å². The van der Waals surface area contributed by atoms with Crippen LogP contribution in [-0.4, -0.2) is 12.5 Å². The summed E-state index contributed by atoms with van der Waals surface area (Å²) in [5.74, 6) is 1.67. The van der Waals surface area contributed by atoms with Crippen molar-refractivity contribution in [1.82, 2.24) is 0 Å². The molecule has 140 valence electrons. The van der Waals surface area contributed by atoms with Gasteiger partial charge in [-0.3, -0.25) is 4.79 Å². The van der Waals surface area contributed by atoms with Gasteiger partial charge in [0, 0.05) is 12.1 Å². The lowest BCUT2D eigenvalue weighted by Gasteiger charge is -2.20. The van der Waals surface area contributed by atoms with Gasteiger partial charge in [0.05, 0.1) is 6.61 Å². The second-order valence-corrected chi connectivity index (χ2v) is 7.25. The molecule has 0 aromatic heterocycles. The minimum atomic E-state index is 0.0638. The third-order valence-corrected chi connectivity index (χ3v) is 4.51. The number of nitrogens with one attached hydrogen (secondary N) is 1. The van der Waals surface area contributed by atoms with Gasteiger partial charge in [-0.05, 0) is 54.0 Å². The van der Waals surface area contributed by atoms with Gasteiger partial charge in [0.15, 0.2) is 0 Å². The van der Waals surface area contributed by atoms with Gasteiger partial charge in [-0.15, -0.1) is 0 Å². The summed E-state index contributed by atoms with van der Waals surface area (Å²) in [6, 6.07) is 14.3. The summed E-state index contributed by atoms with van der Waals surface area (Å²) >= 11 is 0. The molecule has 0 aliphatic rings. The Morgan fingerprint density at radius 3 is 2.04 bits per heavy atom. The maximum absolute atomic E-state index is 12.6. The molecular formula is C23H31NO2. The number of carbonyl (C=O) groups is 1. The molecule has 3 nitrogen and oxygen atoms in total. The molecule has 2 aromatic rings. The Bertz CT molecular complexity index is 691. The fraction of sp³-hybridized carbons (Fsp3) is 0.435. The molecule has 0 aliphatic carbocycles. The molecule has 2 aromatic carbocycles. The largest absolute Gasteiger partial charge is 0.494 e. The maximum atomic E-state index is 12.6. The highest BCUT2D eigenvalue weighted by Gasteiger charge is 2.15. The number of hydrogen-bond donors (Lipinski definition) is 1. The predicted molar refractivity (Wildman–Crippen MR) is 109 cm³/mol. The highest BCUT2D eigenvalue weighted by molar-refractivity contribution is 5.92. The molecule has 0 saturated heterocycles. The lowest BCUT2D eigenvalue weighted by molar-refractivity contribution is -0.116. The van der Waals surface area contributed by atoms with E-state index in [0.717, 1.165) is 23.4 Å². The van der Waals surface area contributed by atoms with Gasteiger partial charge in [0.25, 0.3) is 0 Å². The molecular weight excluding hydrogens is 322 g/mol. The van der Waals surface area contributed by atoms with Gasteiger partial charge in [-0.25, -0.2) is 0 Å². The second kappa shape index (κ2) is 9.42. The average Bonchev–Trinajstić information content (AvgIpc) is 2.61. The first-order valence-electron chi connectivity index (χ1n) is 9.56. The van der Waals surface area contributed by atoms with Crippen LogP contribution >= 0.6 is 0 Å². The van der Waals surface area contributed by atoms with Gasteiger partial charge in [0.1, 0.15) is 5.75 Å². The molecule has 0 spiro atoms. The van der Waals surface area contributed by atoms with Crippen molar-refractivity contribution < 1.29 is 9.53 Å². The van der Waals surface area contributed by atoms with Crippen molar-refractivity contribution >= 4 is 11.6 Å². The van der Waals surface area contributed by atoms with Gasteiger partial charge < -0.3 is 10.1 Å². The Hall–Kier alpha value is -2.29. The lowest BCUT2D eigenvalue weighted by Crippen LogP contribution is -2.16. The molecule has 0 bridgehead atoms. The van der Waals surface area contributed by atoms with E-state index in [4.69, 9.17) is 4.74 Å². The second-order valence-electron chi connectivity index (χ2n) is 7.25. The molecule has 26 heavy (non-hydrogen) atoms.